The predicted molar refractivity (Wildman–Crippen MR) is 86.1 cm³/mol. The summed E-state index contributed by atoms with van der Waals surface area (Å²) in [4.78, 5) is 11.3. The van der Waals surface area contributed by atoms with Gasteiger partial charge in [0.25, 0.3) is 0 Å². The molecule has 21 heavy (non-hydrogen) atoms. The first-order valence-electron chi connectivity index (χ1n) is 8.19. The largest absolute Gasteiger partial charge is 0.478 e. The molecule has 2 heterocycles. The molecule has 1 N–H and O–H groups in total. The van der Waals surface area contributed by atoms with Crippen LogP contribution in [0, 0.1) is 6.92 Å². The first kappa shape index (κ1) is 16.0. The van der Waals surface area contributed by atoms with Crippen LogP contribution >= 0.6 is 0 Å². The minimum Gasteiger partial charge on any atom is -0.478 e. The van der Waals surface area contributed by atoms with E-state index in [1.165, 1.54) is 25.7 Å². The second kappa shape index (κ2) is 8.17. The lowest BCUT2D eigenvalue weighted by atomic mass is 10.2. The minimum atomic E-state index is 0.577. The zero-order valence-corrected chi connectivity index (χ0v) is 13.6. The number of aryl methyl sites for hydroxylation is 1. The van der Waals surface area contributed by atoms with E-state index in [1.54, 1.807) is 0 Å². The predicted octanol–water partition coefficient (Wildman–Crippen LogP) is 2.54. The molecule has 0 spiro atoms. The highest BCUT2D eigenvalue weighted by Gasteiger charge is 2.19. The zero-order chi connectivity index (χ0) is 15.1. The van der Waals surface area contributed by atoms with Gasteiger partial charge in [0.05, 0.1) is 6.61 Å². The third-order valence-corrected chi connectivity index (χ3v) is 3.80. The number of hydrogen-bond acceptors (Lipinski definition) is 5. The van der Waals surface area contributed by atoms with E-state index in [-0.39, 0.29) is 0 Å². The molecular weight excluding hydrogens is 264 g/mol. The SMILES string of the molecule is CCCCN(CC1CCCN1)c1cc(OCC)nc(C)n1. The van der Waals surface area contributed by atoms with Crippen LogP contribution in [-0.2, 0) is 0 Å². The zero-order valence-electron chi connectivity index (χ0n) is 13.6. The van der Waals surface area contributed by atoms with Gasteiger partial charge in [-0.2, -0.15) is 4.98 Å². The van der Waals surface area contributed by atoms with Gasteiger partial charge in [0.15, 0.2) is 0 Å². The Hall–Kier alpha value is -1.36. The number of hydrogen-bond donors (Lipinski definition) is 1. The summed E-state index contributed by atoms with van der Waals surface area (Å²) in [5, 5.41) is 3.57. The average molecular weight is 292 g/mol. The first-order valence-corrected chi connectivity index (χ1v) is 8.19. The number of nitrogens with one attached hydrogen (secondary N) is 1. The van der Waals surface area contributed by atoms with E-state index in [2.05, 4.69) is 27.1 Å². The van der Waals surface area contributed by atoms with Gasteiger partial charge in [0.1, 0.15) is 11.6 Å². The number of anilines is 1. The Morgan fingerprint density at radius 3 is 2.90 bits per heavy atom. The van der Waals surface area contributed by atoms with Gasteiger partial charge in [-0.05, 0) is 39.7 Å². The summed E-state index contributed by atoms with van der Waals surface area (Å²) in [5.74, 6) is 2.45. The smallest absolute Gasteiger partial charge is 0.218 e. The number of unbranched alkanes of at least 4 members (excludes halogenated alkanes) is 1. The van der Waals surface area contributed by atoms with Crippen LogP contribution in [0.3, 0.4) is 0 Å². The van der Waals surface area contributed by atoms with Crippen molar-refractivity contribution in [3.63, 3.8) is 0 Å². The molecule has 5 nitrogen and oxygen atoms in total. The van der Waals surface area contributed by atoms with Crippen molar-refractivity contribution in [1.29, 1.82) is 0 Å². The summed E-state index contributed by atoms with van der Waals surface area (Å²) in [6, 6.07) is 2.55. The summed E-state index contributed by atoms with van der Waals surface area (Å²) >= 11 is 0. The Bertz CT molecular complexity index is 432. The third-order valence-electron chi connectivity index (χ3n) is 3.80. The molecule has 5 heteroatoms. The maximum atomic E-state index is 5.56. The molecule has 1 unspecified atom stereocenters. The molecule has 0 radical (unpaired) electrons. The van der Waals surface area contributed by atoms with Crippen molar-refractivity contribution >= 4 is 5.82 Å². The average Bonchev–Trinajstić information content (AvgIpc) is 2.96. The van der Waals surface area contributed by atoms with Crippen LogP contribution in [0.4, 0.5) is 5.82 Å². The molecule has 1 aromatic heterocycles. The van der Waals surface area contributed by atoms with Gasteiger partial charge >= 0.3 is 0 Å². The van der Waals surface area contributed by atoms with Crippen molar-refractivity contribution in [3.8, 4) is 5.88 Å². The molecule has 0 amide bonds. The van der Waals surface area contributed by atoms with E-state index in [1.807, 2.05) is 19.9 Å². The maximum absolute atomic E-state index is 5.56. The van der Waals surface area contributed by atoms with Crippen molar-refractivity contribution < 1.29 is 4.74 Å². The number of nitrogens with zero attached hydrogens (tertiary/aromatic N) is 3. The van der Waals surface area contributed by atoms with Crippen molar-refractivity contribution in [2.45, 2.75) is 52.5 Å². The summed E-state index contributed by atoms with van der Waals surface area (Å²) in [5.41, 5.74) is 0. The maximum Gasteiger partial charge on any atom is 0.218 e. The first-order chi connectivity index (χ1) is 10.2. The lowest BCUT2D eigenvalue weighted by Crippen LogP contribution is -2.38. The molecule has 1 aromatic rings. The van der Waals surface area contributed by atoms with Gasteiger partial charge in [-0.3, -0.25) is 0 Å². The summed E-state index contributed by atoms with van der Waals surface area (Å²) in [6.45, 7) is 9.96. The molecule has 118 valence electrons. The van der Waals surface area contributed by atoms with Gasteiger partial charge in [0, 0.05) is 25.2 Å². The molecule has 1 fully saturated rings. The summed E-state index contributed by atoms with van der Waals surface area (Å²) in [7, 11) is 0. The van der Waals surface area contributed by atoms with Gasteiger partial charge in [0.2, 0.25) is 5.88 Å². The van der Waals surface area contributed by atoms with Crippen molar-refractivity contribution in [3.05, 3.63) is 11.9 Å². The van der Waals surface area contributed by atoms with Gasteiger partial charge in [-0.15, -0.1) is 0 Å². The van der Waals surface area contributed by atoms with Crippen molar-refractivity contribution in [2.75, 3.05) is 31.1 Å². The Morgan fingerprint density at radius 1 is 1.38 bits per heavy atom. The van der Waals surface area contributed by atoms with Gasteiger partial charge < -0.3 is 15.0 Å². The molecule has 1 aliphatic rings. The number of aromatic nitrogens is 2. The Morgan fingerprint density at radius 2 is 2.24 bits per heavy atom. The lowest BCUT2D eigenvalue weighted by molar-refractivity contribution is 0.325. The van der Waals surface area contributed by atoms with Crippen molar-refractivity contribution in [2.24, 2.45) is 0 Å². The highest BCUT2D eigenvalue weighted by molar-refractivity contribution is 5.42. The van der Waals surface area contributed by atoms with Crippen LogP contribution in [-0.4, -0.2) is 42.3 Å². The monoisotopic (exact) mass is 292 g/mol. The molecular formula is C16H28N4O. The summed E-state index contributed by atoms with van der Waals surface area (Å²) < 4.78 is 5.56. The van der Waals surface area contributed by atoms with Crippen LogP contribution in [0.5, 0.6) is 5.88 Å². The molecule has 0 bridgehead atoms. The van der Waals surface area contributed by atoms with Crippen LogP contribution in [0.2, 0.25) is 0 Å². The second-order valence-corrected chi connectivity index (χ2v) is 5.64. The number of ether oxygens (including phenoxy) is 1. The Balaban J connectivity index is 2.13. The minimum absolute atomic E-state index is 0.577. The van der Waals surface area contributed by atoms with Crippen LogP contribution in [0.1, 0.15) is 45.4 Å². The van der Waals surface area contributed by atoms with E-state index in [0.717, 1.165) is 31.3 Å². The highest BCUT2D eigenvalue weighted by Crippen LogP contribution is 2.20. The van der Waals surface area contributed by atoms with E-state index in [9.17, 15) is 0 Å². The fraction of sp³-hybridized carbons (Fsp3) is 0.750. The van der Waals surface area contributed by atoms with Gasteiger partial charge in [-0.25, -0.2) is 4.98 Å². The van der Waals surface area contributed by atoms with Crippen LogP contribution in [0.15, 0.2) is 6.07 Å². The van der Waals surface area contributed by atoms with E-state index >= 15 is 0 Å². The Kier molecular flexibility index (Phi) is 6.23. The van der Waals surface area contributed by atoms with Crippen LogP contribution in [0.25, 0.3) is 0 Å². The van der Waals surface area contributed by atoms with Crippen molar-refractivity contribution in [1.82, 2.24) is 15.3 Å². The molecule has 1 saturated heterocycles. The fourth-order valence-electron chi connectivity index (χ4n) is 2.74. The van der Waals surface area contributed by atoms with E-state index in [4.69, 9.17) is 4.74 Å². The highest BCUT2D eigenvalue weighted by atomic mass is 16.5. The molecule has 2 rings (SSSR count). The third kappa shape index (κ3) is 4.84. The summed E-state index contributed by atoms with van der Waals surface area (Å²) in [6.07, 6.45) is 4.90. The fourth-order valence-corrected chi connectivity index (χ4v) is 2.74. The second-order valence-electron chi connectivity index (χ2n) is 5.64. The van der Waals surface area contributed by atoms with E-state index < -0.39 is 0 Å². The molecule has 0 saturated carbocycles. The lowest BCUT2D eigenvalue weighted by Gasteiger charge is -2.27. The standard InChI is InChI=1S/C16H28N4O/c1-4-6-10-20(12-14-8-7-9-17-14)15-11-16(21-5-2)19-13(3)18-15/h11,14,17H,4-10,12H2,1-3H3. The Labute approximate surface area is 128 Å². The van der Waals surface area contributed by atoms with Gasteiger partial charge in [-0.1, -0.05) is 13.3 Å². The number of rotatable bonds is 8. The molecule has 1 aliphatic heterocycles. The molecule has 0 aromatic carbocycles. The molecule has 1 atom stereocenters. The normalized spacial score (nSPS) is 18.0. The van der Waals surface area contributed by atoms with Crippen LogP contribution < -0.4 is 15.0 Å². The van der Waals surface area contributed by atoms with E-state index in [0.29, 0.717) is 18.5 Å². The quantitative estimate of drug-likeness (QED) is 0.798. The topological polar surface area (TPSA) is 50.3 Å². The molecule has 0 aliphatic carbocycles.